The Kier molecular flexibility index (Phi) is 7.31. The summed E-state index contributed by atoms with van der Waals surface area (Å²) in [4.78, 5) is 28.4. The van der Waals surface area contributed by atoms with Gasteiger partial charge in [0.2, 0.25) is 5.91 Å². The Bertz CT molecular complexity index is 1030. The van der Waals surface area contributed by atoms with Crippen molar-refractivity contribution in [1.82, 2.24) is 4.90 Å². The van der Waals surface area contributed by atoms with E-state index in [9.17, 15) is 9.59 Å². The zero-order valence-corrected chi connectivity index (χ0v) is 18.9. The first-order valence-electron chi connectivity index (χ1n) is 9.82. The summed E-state index contributed by atoms with van der Waals surface area (Å²) in [5, 5.41) is 4.82. The summed E-state index contributed by atoms with van der Waals surface area (Å²) >= 11 is 1.44. The minimum absolute atomic E-state index is 0.184. The highest BCUT2D eigenvalue weighted by atomic mass is 32.1. The van der Waals surface area contributed by atoms with Crippen LogP contribution in [-0.2, 0) is 16.1 Å². The molecule has 1 aromatic heterocycles. The Hall–Kier alpha value is -3.32. The molecule has 0 saturated heterocycles. The van der Waals surface area contributed by atoms with Gasteiger partial charge in [0, 0.05) is 24.4 Å². The number of carbonyl (C=O) groups is 2. The Morgan fingerprint density at radius 2 is 1.81 bits per heavy atom. The molecule has 0 unspecified atom stereocenters. The van der Waals surface area contributed by atoms with Crippen LogP contribution in [-0.4, -0.2) is 30.9 Å². The molecule has 0 aliphatic rings. The second-order valence-electron chi connectivity index (χ2n) is 7.11. The molecule has 7 heteroatoms. The van der Waals surface area contributed by atoms with Gasteiger partial charge >= 0.3 is 0 Å². The normalized spacial score (nSPS) is 11.5. The summed E-state index contributed by atoms with van der Waals surface area (Å²) in [6.45, 7) is 3.82. The maximum Gasteiger partial charge on any atom is 0.252 e. The fourth-order valence-electron chi connectivity index (χ4n) is 3.25. The third kappa shape index (κ3) is 5.44. The van der Waals surface area contributed by atoms with Gasteiger partial charge in [-0.1, -0.05) is 35.9 Å². The van der Waals surface area contributed by atoms with Crippen molar-refractivity contribution in [3.05, 3.63) is 76.0 Å². The van der Waals surface area contributed by atoms with Crippen LogP contribution in [0.4, 0.5) is 5.69 Å². The monoisotopic (exact) mass is 438 g/mol. The number of carbonyl (C=O) groups excluding carboxylic acids is 2. The van der Waals surface area contributed by atoms with Gasteiger partial charge in [-0.15, -0.1) is 11.3 Å². The van der Waals surface area contributed by atoms with Crippen LogP contribution in [0.25, 0.3) is 0 Å². The number of hydrogen-bond donors (Lipinski definition) is 1. The Labute approximate surface area is 186 Å². The van der Waals surface area contributed by atoms with E-state index in [4.69, 9.17) is 9.47 Å². The SMILES string of the molecule is COc1ccc(NC(=O)[C@H](c2cccs2)N(Cc2ccc(C)cc2)C(C)=O)c(OC)c1. The molecule has 2 amide bonds. The van der Waals surface area contributed by atoms with Crippen LogP contribution in [0.2, 0.25) is 0 Å². The lowest BCUT2D eigenvalue weighted by molar-refractivity contribution is -0.137. The molecule has 6 nitrogen and oxygen atoms in total. The number of nitrogens with one attached hydrogen (secondary N) is 1. The summed E-state index contributed by atoms with van der Waals surface area (Å²) in [5.74, 6) is 0.601. The maximum atomic E-state index is 13.4. The second kappa shape index (κ2) is 10.1. The molecule has 1 N–H and O–H groups in total. The van der Waals surface area contributed by atoms with Crippen molar-refractivity contribution in [1.29, 1.82) is 0 Å². The first-order chi connectivity index (χ1) is 14.9. The molecule has 3 rings (SSSR count). The largest absolute Gasteiger partial charge is 0.497 e. The number of benzene rings is 2. The average Bonchev–Trinajstić information content (AvgIpc) is 3.29. The van der Waals surface area contributed by atoms with E-state index in [1.807, 2.05) is 48.7 Å². The van der Waals surface area contributed by atoms with Crippen LogP contribution in [0.3, 0.4) is 0 Å². The first-order valence-corrected chi connectivity index (χ1v) is 10.7. The molecular formula is C24H26N2O4S. The Morgan fingerprint density at radius 1 is 1.06 bits per heavy atom. The van der Waals surface area contributed by atoms with Crippen LogP contribution in [0.1, 0.15) is 29.0 Å². The number of amides is 2. The van der Waals surface area contributed by atoms with Crippen LogP contribution >= 0.6 is 11.3 Å². The van der Waals surface area contributed by atoms with Crippen LogP contribution in [0, 0.1) is 6.92 Å². The van der Waals surface area contributed by atoms with Gasteiger partial charge in [0.1, 0.15) is 17.5 Å². The predicted molar refractivity (Wildman–Crippen MR) is 123 cm³/mol. The van der Waals surface area contributed by atoms with E-state index >= 15 is 0 Å². The summed E-state index contributed by atoms with van der Waals surface area (Å²) in [5.41, 5.74) is 2.60. The molecule has 0 fully saturated rings. The predicted octanol–water partition coefficient (Wildman–Crippen LogP) is 4.80. The zero-order valence-electron chi connectivity index (χ0n) is 18.0. The van der Waals surface area contributed by atoms with E-state index in [0.29, 0.717) is 23.7 Å². The summed E-state index contributed by atoms with van der Waals surface area (Å²) in [7, 11) is 3.09. The van der Waals surface area contributed by atoms with E-state index in [2.05, 4.69) is 5.32 Å². The molecule has 162 valence electrons. The van der Waals surface area contributed by atoms with Gasteiger partial charge < -0.3 is 19.7 Å². The van der Waals surface area contributed by atoms with Crippen molar-refractivity contribution in [2.24, 2.45) is 0 Å². The molecule has 0 bridgehead atoms. The second-order valence-corrected chi connectivity index (χ2v) is 8.09. The maximum absolute atomic E-state index is 13.4. The number of rotatable bonds is 8. The lowest BCUT2D eigenvalue weighted by atomic mass is 10.1. The van der Waals surface area contributed by atoms with Crippen LogP contribution in [0.5, 0.6) is 11.5 Å². The van der Waals surface area contributed by atoms with Crippen LogP contribution in [0.15, 0.2) is 60.0 Å². The van der Waals surface area contributed by atoms with Crippen LogP contribution < -0.4 is 14.8 Å². The minimum atomic E-state index is -0.773. The molecule has 0 spiro atoms. The van der Waals surface area contributed by atoms with Gasteiger partial charge in [-0.25, -0.2) is 0 Å². The van der Waals surface area contributed by atoms with E-state index in [1.54, 1.807) is 30.2 Å². The van der Waals surface area contributed by atoms with Crippen molar-refractivity contribution in [3.63, 3.8) is 0 Å². The fourth-order valence-corrected chi connectivity index (χ4v) is 4.08. The first kappa shape index (κ1) is 22.4. The number of ether oxygens (including phenoxy) is 2. The third-order valence-corrected chi connectivity index (χ3v) is 5.84. The lowest BCUT2D eigenvalue weighted by Crippen LogP contribution is -2.39. The molecule has 3 aromatic rings. The van der Waals surface area contributed by atoms with E-state index in [0.717, 1.165) is 16.0 Å². The van der Waals surface area contributed by atoms with Crippen molar-refractivity contribution < 1.29 is 19.1 Å². The van der Waals surface area contributed by atoms with Gasteiger partial charge in [-0.05, 0) is 36.1 Å². The highest BCUT2D eigenvalue weighted by Crippen LogP contribution is 2.32. The van der Waals surface area contributed by atoms with E-state index in [1.165, 1.54) is 25.4 Å². The zero-order chi connectivity index (χ0) is 22.4. The van der Waals surface area contributed by atoms with Gasteiger partial charge in [-0.3, -0.25) is 9.59 Å². The smallest absolute Gasteiger partial charge is 0.252 e. The molecule has 0 aliphatic heterocycles. The molecule has 0 radical (unpaired) electrons. The minimum Gasteiger partial charge on any atom is -0.497 e. The third-order valence-electron chi connectivity index (χ3n) is 4.92. The van der Waals surface area contributed by atoms with E-state index in [-0.39, 0.29) is 11.8 Å². The average molecular weight is 439 g/mol. The Morgan fingerprint density at radius 3 is 2.39 bits per heavy atom. The number of anilines is 1. The molecular weight excluding hydrogens is 412 g/mol. The van der Waals surface area contributed by atoms with Crippen molar-refractivity contribution in [2.45, 2.75) is 26.4 Å². The van der Waals surface area contributed by atoms with Gasteiger partial charge in [0.15, 0.2) is 0 Å². The molecule has 2 aromatic carbocycles. The number of aryl methyl sites for hydroxylation is 1. The van der Waals surface area contributed by atoms with Gasteiger partial charge in [0.25, 0.3) is 5.91 Å². The topological polar surface area (TPSA) is 67.9 Å². The van der Waals surface area contributed by atoms with Crippen molar-refractivity contribution >= 4 is 28.8 Å². The summed E-state index contributed by atoms with van der Waals surface area (Å²) in [6.07, 6.45) is 0. The number of hydrogen-bond acceptors (Lipinski definition) is 5. The molecule has 31 heavy (non-hydrogen) atoms. The number of thiophene rings is 1. The highest BCUT2D eigenvalue weighted by molar-refractivity contribution is 7.10. The fraction of sp³-hybridized carbons (Fsp3) is 0.250. The molecule has 1 atom stereocenters. The molecule has 0 saturated carbocycles. The quantitative estimate of drug-likeness (QED) is 0.548. The molecule has 1 heterocycles. The Balaban J connectivity index is 1.93. The molecule has 0 aliphatic carbocycles. The number of nitrogens with zero attached hydrogens (tertiary/aromatic N) is 1. The van der Waals surface area contributed by atoms with E-state index < -0.39 is 6.04 Å². The lowest BCUT2D eigenvalue weighted by Gasteiger charge is -2.30. The van der Waals surface area contributed by atoms with Crippen molar-refractivity contribution in [2.75, 3.05) is 19.5 Å². The summed E-state index contributed by atoms with van der Waals surface area (Å²) < 4.78 is 10.6. The van der Waals surface area contributed by atoms with Crippen molar-refractivity contribution in [3.8, 4) is 11.5 Å². The highest BCUT2D eigenvalue weighted by Gasteiger charge is 2.31. The standard InChI is InChI=1S/C24H26N2O4S/c1-16-7-9-18(10-8-16)15-26(17(2)27)23(22-6-5-13-31-22)24(28)25-20-12-11-19(29-3)14-21(20)30-4/h5-14,23H,15H2,1-4H3,(H,25,28)/t23-/m0/s1. The van der Waals surface area contributed by atoms with Gasteiger partial charge in [-0.2, -0.15) is 0 Å². The summed E-state index contributed by atoms with van der Waals surface area (Å²) in [6, 6.07) is 16.1. The van der Waals surface area contributed by atoms with Gasteiger partial charge in [0.05, 0.1) is 19.9 Å². The number of methoxy groups -OCH3 is 2.